The van der Waals surface area contributed by atoms with Gasteiger partial charge in [0.2, 0.25) is 0 Å². The third-order valence-corrected chi connectivity index (χ3v) is 4.97. The normalized spacial score (nSPS) is 15.1. The lowest BCUT2D eigenvalue weighted by Gasteiger charge is -2.36. The molecule has 1 aliphatic heterocycles. The molecule has 1 heterocycles. The number of rotatable bonds is 8. The van der Waals surface area contributed by atoms with Gasteiger partial charge >= 0.3 is 5.97 Å². The Morgan fingerprint density at radius 1 is 1.33 bits per heavy atom. The Morgan fingerprint density at radius 2 is 2.00 bits per heavy atom. The highest BCUT2D eigenvalue weighted by atomic mass is 35.5. The summed E-state index contributed by atoms with van der Waals surface area (Å²) in [6.45, 7) is 3.66. The first kappa shape index (κ1) is 21.3. The Hall–Kier alpha value is -1.99. The van der Waals surface area contributed by atoms with E-state index < -0.39 is 5.97 Å². The number of hydrogen-bond donors (Lipinski definition) is 1. The van der Waals surface area contributed by atoms with Crippen LogP contribution in [0.15, 0.2) is 12.1 Å². The summed E-state index contributed by atoms with van der Waals surface area (Å²) >= 11 is 6.31. The molecule has 8 heteroatoms. The summed E-state index contributed by atoms with van der Waals surface area (Å²) in [5, 5.41) is 9.26. The number of likely N-dealkylation sites (tertiary alicyclic amines) is 1. The molecule has 7 nitrogen and oxygen atoms in total. The van der Waals surface area contributed by atoms with Gasteiger partial charge in [-0.3, -0.25) is 14.5 Å². The minimum Gasteiger partial charge on any atom is -0.493 e. The zero-order chi connectivity index (χ0) is 20.0. The van der Waals surface area contributed by atoms with Crippen LogP contribution >= 0.6 is 11.6 Å². The molecular formula is C19H27ClN2O5. The standard InChI is InChI=1S/C19H27ClN2O5/c1-4-9-27-18-15(20)10-13(11-16(18)26-3)19(25)22-7-5-14(6-8-22)21(2)12-17(23)24/h10-11,14H,4-9,12H2,1-3H3,(H,23,24). The van der Waals surface area contributed by atoms with E-state index in [1.165, 1.54) is 7.11 Å². The molecule has 0 aromatic heterocycles. The number of halogens is 1. The first-order valence-electron chi connectivity index (χ1n) is 9.09. The molecule has 1 aliphatic rings. The van der Waals surface area contributed by atoms with E-state index in [9.17, 15) is 9.59 Å². The summed E-state index contributed by atoms with van der Waals surface area (Å²) in [6.07, 6.45) is 2.31. The summed E-state index contributed by atoms with van der Waals surface area (Å²) in [6, 6.07) is 3.43. The number of hydrogen-bond acceptors (Lipinski definition) is 5. The molecule has 0 unspecified atom stereocenters. The maximum Gasteiger partial charge on any atom is 0.317 e. The molecule has 1 saturated heterocycles. The van der Waals surface area contributed by atoms with Gasteiger partial charge in [0.15, 0.2) is 11.5 Å². The number of carbonyl (C=O) groups is 2. The molecule has 2 rings (SSSR count). The summed E-state index contributed by atoms with van der Waals surface area (Å²) in [5.74, 6) is -0.0679. The highest BCUT2D eigenvalue weighted by Crippen LogP contribution is 2.37. The van der Waals surface area contributed by atoms with Crippen molar-refractivity contribution in [1.29, 1.82) is 0 Å². The average Bonchev–Trinajstić information content (AvgIpc) is 2.65. The molecule has 1 amide bonds. The largest absolute Gasteiger partial charge is 0.493 e. The number of nitrogens with zero attached hydrogens (tertiary/aromatic N) is 2. The summed E-state index contributed by atoms with van der Waals surface area (Å²) < 4.78 is 11.0. The van der Waals surface area contributed by atoms with E-state index in [0.29, 0.717) is 41.8 Å². The van der Waals surface area contributed by atoms with Crippen molar-refractivity contribution in [3.63, 3.8) is 0 Å². The second-order valence-electron chi connectivity index (χ2n) is 6.67. The highest BCUT2D eigenvalue weighted by Gasteiger charge is 2.27. The van der Waals surface area contributed by atoms with Gasteiger partial charge in [0.05, 0.1) is 25.3 Å². The van der Waals surface area contributed by atoms with Crippen LogP contribution in [-0.4, -0.2) is 73.2 Å². The first-order valence-corrected chi connectivity index (χ1v) is 9.46. The lowest BCUT2D eigenvalue weighted by Crippen LogP contribution is -2.46. The number of benzene rings is 1. The van der Waals surface area contributed by atoms with Gasteiger partial charge in [0.1, 0.15) is 0 Å². The number of carbonyl (C=O) groups excluding carboxylic acids is 1. The van der Waals surface area contributed by atoms with Crippen molar-refractivity contribution < 1.29 is 24.2 Å². The van der Waals surface area contributed by atoms with Crippen LogP contribution in [0.4, 0.5) is 0 Å². The van der Waals surface area contributed by atoms with Crippen LogP contribution in [-0.2, 0) is 4.79 Å². The first-order chi connectivity index (χ1) is 12.9. The smallest absolute Gasteiger partial charge is 0.317 e. The number of ether oxygens (including phenoxy) is 2. The molecular weight excluding hydrogens is 372 g/mol. The van der Waals surface area contributed by atoms with Gasteiger partial charge in [-0.15, -0.1) is 0 Å². The molecule has 1 aromatic carbocycles. The van der Waals surface area contributed by atoms with Gasteiger partial charge in [0, 0.05) is 24.7 Å². The van der Waals surface area contributed by atoms with E-state index in [0.717, 1.165) is 19.3 Å². The van der Waals surface area contributed by atoms with E-state index in [2.05, 4.69) is 0 Å². The number of piperidine rings is 1. The van der Waals surface area contributed by atoms with Crippen LogP contribution < -0.4 is 9.47 Å². The topological polar surface area (TPSA) is 79.3 Å². The van der Waals surface area contributed by atoms with E-state index in [1.807, 2.05) is 11.8 Å². The molecule has 0 radical (unpaired) electrons. The minimum absolute atomic E-state index is 0.00461. The lowest BCUT2D eigenvalue weighted by molar-refractivity contribution is -0.138. The monoisotopic (exact) mass is 398 g/mol. The molecule has 0 atom stereocenters. The summed E-state index contributed by atoms with van der Waals surface area (Å²) in [5.41, 5.74) is 0.457. The van der Waals surface area contributed by atoms with Crippen molar-refractivity contribution in [3.05, 3.63) is 22.7 Å². The highest BCUT2D eigenvalue weighted by molar-refractivity contribution is 6.32. The van der Waals surface area contributed by atoms with Gasteiger partial charge in [-0.25, -0.2) is 0 Å². The van der Waals surface area contributed by atoms with Gasteiger partial charge in [-0.05, 0) is 38.4 Å². The summed E-state index contributed by atoms with van der Waals surface area (Å²) in [7, 11) is 3.32. The predicted octanol–water partition coefficient (Wildman–Crippen LogP) is 2.76. The molecule has 150 valence electrons. The Balaban J connectivity index is 2.06. The third-order valence-electron chi connectivity index (χ3n) is 4.69. The maximum absolute atomic E-state index is 12.9. The van der Waals surface area contributed by atoms with Crippen LogP contribution in [0.3, 0.4) is 0 Å². The second-order valence-corrected chi connectivity index (χ2v) is 7.08. The van der Waals surface area contributed by atoms with Crippen molar-refractivity contribution in [2.45, 2.75) is 32.2 Å². The van der Waals surface area contributed by atoms with Gasteiger partial charge in [0.25, 0.3) is 5.91 Å². The lowest BCUT2D eigenvalue weighted by atomic mass is 10.0. The van der Waals surface area contributed by atoms with E-state index >= 15 is 0 Å². The maximum atomic E-state index is 12.9. The van der Waals surface area contributed by atoms with Crippen molar-refractivity contribution in [1.82, 2.24) is 9.80 Å². The van der Waals surface area contributed by atoms with Crippen LogP contribution in [0.2, 0.25) is 5.02 Å². The van der Waals surface area contributed by atoms with Crippen LogP contribution in [0, 0.1) is 0 Å². The van der Waals surface area contributed by atoms with Gasteiger partial charge in [-0.2, -0.15) is 0 Å². The fourth-order valence-corrected chi connectivity index (χ4v) is 3.49. The number of likely N-dealkylation sites (N-methyl/N-ethyl adjacent to an activating group) is 1. The predicted molar refractivity (Wildman–Crippen MR) is 103 cm³/mol. The SMILES string of the molecule is CCCOc1c(Cl)cc(C(=O)N2CCC(N(C)CC(=O)O)CC2)cc1OC. The summed E-state index contributed by atoms with van der Waals surface area (Å²) in [4.78, 5) is 27.3. The van der Waals surface area contributed by atoms with Crippen molar-refractivity contribution >= 4 is 23.5 Å². The van der Waals surface area contributed by atoms with E-state index in [1.54, 1.807) is 24.1 Å². The van der Waals surface area contributed by atoms with E-state index in [4.69, 9.17) is 26.2 Å². The Bertz CT molecular complexity index is 674. The number of carboxylic acids is 1. The average molecular weight is 399 g/mol. The Morgan fingerprint density at radius 3 is 2.56 bits per heavy atom. The fraction of sp³-hybridized carbons (Fsp3) is 0.579. The van der Waals surface area contributed by atoms with Crippen molar-refractivity contribution in [3.8, 4) is 11.5 Å². The zero-order valence-electron chi connectivity index (χ0n) is 16.0. The Kier molecular flexibility index (Phi) is 7.74. The third kappa shape index (κ3) is 5.49. The number of carboxylic acid groups (broad SMARTS) is 1. The van der Waals surface area contributed by atoms with Crippen molar-refractivity contribution in [2.24, 2.45) is 0 Å². The van der Waals surface area contributed by atoms with Crippen LogP contribution in [0.25, 0.3) is 0 Å². The number of amides is 1. The molecule has 0 spiro atoms. The van der Waals surface area contributed by atoms with Crippen molar-refractivity contribution in [2.75, 3.05) is 40.4 Å². The zero-order valence-corrected chi connectivity index (χ0v) is 16.8. The molecule has 1 aromatic rings. The minimum atomic E-state index is -0.844. The number of methoxy groups -OCH3 is 1. The van der Waals surface area contributed by atoms with Crippen LogP contribution in [0.1, 0.15) is 36.5 Å². The van der Waals surface area contributed by atoms with Gasteiger partial charge < -0.3 is 19.5 Å². The molecule has 0 bridgehead atoms. The van der Waals surface area contributed by atoms with E-state index in [-0.39, 0.29) is 18.5 Å². The second kappa shape index (κ2) is 9.80. The molecule has 1 fully saturated rings. The quantitative estimate of drug-likeness (QED) is 0.725. The fourth-order valence-electron chi connectivity index (χ4n) is 3.22. The van der Waals surface area contributed by atoms with Crippen LogP contribution in [0.5, 0.6) is 11.5 Å². The van der Waals surface area contributed by atoms with Gasteiger partial charge in [-0.1, -0.05) is 18.5 Å². The Labute approximate surface area is 164 Å². The molecule has 1 N–H and O–H groups in total. The molecule has 0 aliphatic carbocycles. The molecule has 27 heavy (non-hydrogen) atoms. The number of aliphatic carboxylic acids is 1. The molecule has 0 saturated carbocycles.